The van der Waals surface area contributed by atoms with Crippen molar-refractivity contribution in [1.29, 1.82) is 0 Å². The number of hydrogen-bond donors (Lipinski definition) is 0. The minimum atomic E-state index is 0.514. The van der Waals surface area contributed by atoms with Crippen molar-refractivity contribution in [2.24, 2.45) is 0 Å². The summed E-state index contributed by atoms with van der Waals surface area (Å²) in [6, 6.07) is 7.25. The highest BCUT2D eigenvalue weighted by atomic mass is 35.5. The molecule has 0 heterocycles. The molecule has 0 radical (unpaired) electrons. The summed E-state index contributed by atoms with van der Waals surface area (Å²) >= 11 is 5.76. The number of methoxy groups -OCH3 is 1. The number of halogens is 1. The van der Waals surface area contributed by atoms with E-state index < -0.39 is 0 Å². The van der Waals surface area contributed by atoms with Crippen LogP contribution >= 0.6 is 11.6 Å². The van der Waals surface area contributed by atoms with E-state index in [1.165, 1.54) is 0 Å². The quantitative estimate of drug-likeness (QED) is 0.614. The van der Waals surface area contributed by atoms with E-state index >= 15 is 0 Å². The molecule has 0 aromatic heterocycles. The topological polar surface area (TPSA) is 36.9 Å². The average molecular weight is 275 g/mol. The van der Waals surface area contributed by atoms with E-state index in [1.807, 2.05) is 12.1 Å². The number of rotatable bonds is 10. The Morgan fingerprint density at radius 1 is 0.833 bits per heavy atom. The van der Waals surface area contributed by atoms with Crippen LogP contribution in [0.25, 0.3) is 0 Å². The second-order valence-corrected chi connectivity index (χ2v) is 3.96. The highest BCUT2D eigenvalue weighted by molar-refractivity contribution is 6.30. The molecule has 0 N–H and O–H groups in total. The summed E-state index contributed by atoms with van der Waals surface area (Å²) in [6.45, 7) is 3.40. The molecule has 0 bridgehead atoms. The molecule has 0 fully saturated rings. The SMILES string of the molecule is COCCOCCOCCOc1ccc(Cl)cc1. The van der Waals surface area contributed by atoms with Crippen LogP contribution in [0.15, 0.2) is 24.3 Å². The molecule has 0 atom stereocenters. The Bertz CT molecular complexity index is 302. The van der Waals surface area contributed by atoms with E-state index in [1.54, 1.807) is 19.2 Å². The number of hydrogen-bond acceptors (Lipinski definition) is 4. The predicted molar refractivity (Wildman–Crippen MR) is 70.5 cm³/mol. The summed E-state index contributed by atoms with van der Waals surface area (Å²) in [5.74, 6) is 0.791. The Morgan fingerprint density at radius 2 is 1.39 bits per heavy atom. The van der Waals surface area contributed by atoms with Gasteiger partial charge in [-0.15, -0.1) is 0 Å². The van der Waals surface area contributed by atoms with Crippen LogP contribution in [0.3, 0.4) is 0 Å². The lowest BCUT2D eigenvalue weighted by atomic mass is 10.3. The van der Waals surface area contributed by atoms with Crippen molar-refractivity contribution in [3.8, 4) is 5.75 Å². The smallest absolute Gasteiger partial charge is 0.119 e. The van der Waals surface area contributed by atoms with Gasteiger partial charge in [-0.3, -0.25) is 0 Å². The first-order valence-corrected chi connectivity index (χ1v) is 6.23. The van der Waals surface area contributed by atoms with Gasteiger partial charge >= 0.3 is 0 Å². The van der Waals surface area contributed by atoms with Crippen molar-refractivity contribution >= 4 is 11.6 Å². The van der Waals surface area contributed by atoms with Crippen LogP contribution in [0, 0.1) is 0 Å². The molecule has 0 aliphatic carbocycles. The first-order chi connectivity index (χ1) is 8.83. The standard InChI is InChI=1S/C13H19ClO4/c1-15-6-7-16-8-9-17-10-11-18-13-4-2-12(14)3-5-13/h2-5H,6-11H2,1H3. The summed E-state index contributed by atoms with van der Waals surface area (Å²) in [7, 11) is 1.65. The Labute approximate surface area is 113 Å². The summed E-state index contributed by atoms with van der Waals surface area (Å²) in [5.41, 5.74) is 0. The fourth-order valence-corrected chi connectivity index (χ4v) is 1.34. The van der Waals surface area contributed by atoms with E-state index in [-0.39, 0.29) is 0 Å². The molecule has 0 aliphatic heterocycles. The van der Waals surface area contributed by atoms with Gasteiger partial charge in [-0.2, -0.15) is 0 Å². The summed E-state index contributed by atoms with van der Waals surface area (Å²) < 4.78 is 20.9. The minimum absolute atomic E-state index is 0.514. The first kappa shape index (κ1) is 15.2. The van der Waals surface area contributed by atoms with Crippen LogP contribution in [0.2, 0.25) is 5.02 Å². The second-order valence-electron chi connectivity index (χ2n) is 3.52. The zero-order chi connectivity index (χ0) is 13.1. The second kappa shape index (κ2) is 10.1. The molecule has 4 nitrogen and oxygen atoms in total. The van der Waals surface area contributed by atoms with Crippen LogP contribution in [0.4, 0.5) is 0 Å². The van der Waals surface area contributed by atoms with Crippen LogP contribution in [0.1, 0.15) is 0 Å². The third-order valence-electron chi connectivity index (χ3n) is 2.11. The third-order valence-corrected chi connectivity index (χ3v) is 2.37. The minimum Gasteiger partial charge on any atom is -0.491 e. The van der Waals surface area contributed by atoms with Crippen LogP contribution < -0.4 is 4.74 Å². The van der Waals surface area contributed by atoms with E-state index in [0.29, 0.717) is 44.7 Å². The van der Waals surface area contributed by atoms with Crippen molar-refractivity contribution in [3.63, 3.8) is 0 Å². The van der Waals surface area contributed by atoms with Gasteiger partial charge in [0.25, 0.3) is 0 Å². The lowest BCUT2D eigenvalue weighted by Gasteiger charge is -2.07. The molecule has 0 saturated carbocycles. The van der Waals surface area contributed by atoms with Gasteiger partial charge in [0.2, 0.25) is 0 Å². The molecular formula is C13H19ClO4. The van der Waals surface area contributed by atoms with E-state index in [0.717, 1.165) is 5.75 Å². The average Bonchev–Trinajstić information content (AvgIpc) is 2.39. The highest BCUT2D eigenvalue weighted by Gasteiger charge is 1.94. The largest absolute Gasteiger partial charge is 0.491 e. The lowest BCUT2D eigenvalue weighted by molar-refractivity contribution is 0.0180. The highest BCUT2D eigenvalue weighted by Crippen LogP contribution is 2.15. The molecule has 1 aromatic carbocycles. The van der Waals surface area contributed by atoms with Crippen LogP contribution in [-0.2, 0) is 14.2 Å². The van der Waals surface area contributed by atoms with E-state index in [2.05, 4.69) is 0 Å². The zero-order valence-corrected chi connectivity index (χ0v) is 11.3. The third kappa shape index (κ3) is 7.50. The number of benzene rings is 1. The fraction of sp³-hybridized carbons (Fsp3) is 0.538. The van der Waals surface area contributed by atoms with Gasteiger partial charge in [0.15, 0.2) is 0 Å². The van der Waals surface area contributed by atoms with E-state index in [4.69, 9.17) is 30.5 Å². The van der Waals surface area contributed by atoms with Gasteiger partial charge in [-0.25, -0.2) is 0 Å². The summed E-state index contributed by atoms with van der Waals surface area (Å²) in [4.78, 5) is 0. The van der Waals surface area contributed by atoms with Crippen LogP contribution in [0.5, 0.6) is 5.75 Å². The van der Waals surface area contributed by atoms with Gasteiger partial charge in [-0.1, -0.05) is 11.6 Å². The number of ether oxygens (including phenoxy) is 4. The van der Waals surface area contributed by atoms with E-state index in [9.17, 15) is 0 Å². The zero-order valence-electron chi connectivity index (χ0n) is 10.6. The maximum atomic E-state index is 5.76. The predicted octanol–water partition coefficient (Wildman–Crippen LogP) is 2.40. The molecular weight excluding hydrogens is 256 g/mol. The molecule has 1 rings (SSSR count). The van der Waals surface area contributed by atoms with Crippen molar-refractivity contribution in [1.82, 2.24) is 0 Å². The molecule has 0 aliphatic rings. The summed E-state index contributed by atoms with van der Waals surface area (Å²) in [5, 5.41) is 0.701. The molecule has 0 amide bonds. The maximum absolute atomic E-state index is 5.76. The molecule has 18 heavy (non-hydrogen) atoms. The molecule has 0 unspecified atom stereocenters. The van der Waals surface area contributed by atoms with Gasteiger partial charge in [0.05, 0.1) is 33.0 Å². The fourth-order valence-electron chi connectivity index (χ4n) is 1.21. The van der Waals surface area contributed by atoms with Crippen molar-refractivity contribution < 1.29 is 18.9 Å². The lowest BCUT2D eigenvalue weighted by Crippen LogP contribution is -2.12. The Morgan fingerprint density at radius 3 is 2.00 bits per heavy atom. The van der Waals surface area contributed by atoms with Crippen LogP contribution in [-0.4, -0.2) is 46.8 Å². The Kier molecular flexibility index (Phi) is 8.59. The Hall–Kier alpha value is -0.810. The summed E-state index contributed by atoms with van der Waals surface area (Å²) in [6.07, 6.45) is 0. The molecule has 1 aromatic rings. The monoisotopic (exact) mass is 274 g/mol. The first-order valence-electron chi connectivity index (χ1n) is 5.85. The van der Waals surface area contributed by atoms with Crippen molar-refractivity contribution in [2.45, 2.75) is 0 Å². The van der Waals surface area contributed by atoms with Crippen molar-refractivity contribution in [2.75, 3.05) is 46.8 Å². The van der Waals surface area contributed by atoms with Gasteiger partial charge < -0.3 is 18.9 Å². The molecule has 0 spiro atoms. The normalized spacial score (nSPS) is 10.6. The van der Waals surface area contributed by atoms with Gasteiger partial charge in [-0.05, 0) is 24.3 Å². The molecule has 0 saturated heterocycles. The molecule has 102 valence electrons. The Balaban J connectivity index is 1.91. The van der Waals surface area contributed by atoms with Gasteiger partial charge in [0, 0.05) is 12.1 Å². The maximum Gasteiger partial charge on any atom is 0.119 e. The van der Waals surface area contributed by atoms with Gasteiger partial charge in [0.1, 0.15) is 12.4 Å². The van der Waals surface area contributed by atoms with Crippen molar-refractivity contribution in [3.05, 3.63) is 29.3 Å². The molecule has 5 heteroatoms.